The molecule has 120 valence electrons. The third-order valence-electron chi connectivity index (χ3n) is 3.66. The first-order chi connectivity index (χ1) is 11.1. The lowest BCUT2D eigenvalue weighted by atomic mass is 10.2. The molecule has 0 bridgehead atoms. The molecule has 23 heavy (non-hydrogen) atoms. The Hall–Kier alpha value is -2.77. The van der Waals surface area contributed by atoms with E-state index in [4.69, 9.17) is 0 Å². The van der Waals surface area contributed by atoms with Crippen molar-refractivity contribution in [1.29, 1.82) is 0 Å². The zero-order valence-corrected chi connectivity index (χ0v) is 12.6. The summed E-state index contributed by atoms with van der Waals surface area (Å²) in [6.07, 6.45) is 1.51. The summed E-state index contributed by atoms with van der Waals surface area (Å²) >= 11 is 0. The maximum Gasteiger partial charge on any atom is 0.273 e. The molecule has 0 saturated carbocycles. The molecule has 1 aromatic heterocycles. The van der Waals surface area contributed by atoms with E-state index >= 15 is 0 Å². The van der Waals surface area contributed by atoms with E-state index in [0.717, 1.165) is 0 Å². The van der Waals surface area contributed by atoms with E-state index in [1.165, 1.54) is 22.0 Å². The number of nitrogens with zero attached hydrogens (tertiary/aromatic N) is 4. The van der Waals surface area contributed by atoms with Crippen LogP contribution in [-0.2, 0) is 11.3 Å². The van der Waals surface area contributed by atoms with Crippen molar-refractivity contribution in [2.45, 2.75) is 25.9 Å². The summed E-state index contributed by atoms with van der Waals surface area (Å²) in [4.78, 5) is 27.0. The molecule has 0 aliphatic carbocycles. The molecule has 1 atom stereocenters. The van der Waals surface area contributed by atoms with Crippen LogP contribution in [0.5, 0.6) is 0 Å². The van der Waals surface area contributed by atoms with Gasteiger partial charge in [-0.05, 0) is 19.1 Å². The minimum atomic E-state index is -0.460. The van der Waals surface area contributed by atoms with Gasteiger partial charge in [-0.3, -0.25) is 9.59 Å². The van der Waals surface area contributed by atoms with Gasteiger partial charge in [0.1, 0.15) is 5.82 Å². The fraction of sp³-hybridized carbons (Fsp3) is 0.333. The van der Waals surface area contributed by atoms with Gasteiger partial charge >= 0.3 is 0 Å². The maximum absolute atomic E-state index is 13.8. The Bertz CT molecular complexity index is 745. The quantitative estimate of drug-likeness (QED) is 0.911. The number of nitrogens with one attached hydrogen (secondary N) is 1. The van der Waals surface area contributed by atoms with Gasteiger partial charge in [-0.15, -0.1) is 5.10 Å². The highest BCUT2D eigenvalue weighted by atomic mass is 19.1. The standard InChI is InChI=1S/C15H16FN5O2/c1-2-21-17-8-12(19-21)15(23)18-10-7-14(22)20(9-10)13-6-4-3-5-11(13)16/h3-6,8,10H,2,7,9H2,1H3,(H,18,23). The molecule has 1 fully saturated rings. The number of amides is 2. The lowest BCUT2D eigenvalue weighted by Crippen LogP contribution is -2.37. The predicted octanol–water partition coefficient (Wildman–Crippen LogP) is 0.972. The first-order valence-corrected chi connectivity index (χ1v) is 7.34. The van der Waals surface area contributed by atoms with E-state index in [1.807, 2.05) is 6.92 Å². The number of rotatable bonds is 4. The van der Waals surface area contributed by atoms with Gasteiger partial charge in [0, 0.05) is 13.0 Å². The number of hydrogen-bond acceptors (Lipinski definition) is 4. The monoisotopic (exact) mass is 317 g/mol. The van der Waals surface area contributed by atoms with E-state index in [2.05, 4.69) is 15.5 Å². The average Bonchev–Trinajstić information content (AvgIpc) is 3.14. The Labute approximate surface area is 132 Å². The Kier molecular flexibility index (Phi) is 4.05. The van der Waals surface area contributed by atoms with Gasteiger partial charge in [0.05, 0.1) is 24.5 Å². The molecule has 3 rings (SSSR count). The lowest BCUT2D eigenvalue weighted by Gasteiger charge is -2.17. The highest BCUT2D eigenvalue weighted by Gasteiger charge is 2.33. The van der Waals surface area contributed by atoms with Crippen LogP contribution in [0.2, 0.25) is 0 Å². The van der Waals surface area contributed by atoms with E-state index in [9.17, 15) is 14.0 Å². The molecule has 0 radical (unpaired) electrons. The highest BCUT2D eigenvalue weighted by Crippen LogP contribution is 2.24. The summed E-state index contributed by atoms with van der Waals surface area (Å²) in [5.74, 6) is -1.07. The number of anilines is 1. The van der Waals surface area contributed by atoms with Gasteiger partial charge in [-0.2, -0.15) is 9.90 Å². The summed E-state index contributed by atoms with van der Waals surface area (Å²) in [6.45, 7) is 2.66. The molecular weight excluding hydrogens is 301 g/mol. The lowest BCUT2D eigenvalue weighted by molar-refractivity contribution is -0.117. The molecule has 1 saturated heterocycles. The molecule has 8 heteroatoms. The summed E-state index contributed by atoms with van der Waals surface area (Å²) in [6, 6.07) is 5.69. The zero-order chi connectivity index (χ0) is 16.4. The van der Waals surface area contributed by atoms with Crippen molar-refractivity contribution in [3.8, 4) is 0 Å². The van der Waals surface area contributed by atoms with Crippen LogP contribution in [0.1, 0.15) is 23.8 Å². The minimum absolute atomic E-state index is 0.127. The van der Waals surface area contributed by atoms with Crippen molar-refractivity contribution in [2.75, 3.05) is 11.4 Å². The second kappa shape index (κ2) is 6.15. The van der Waals surface area contributed by atoms with Crippen molar-refractivity contribution in [3.05, 3.63) is 42.0 Å². The second-order valence-electron chi connectivity index (χ2n) is 5.25. The van der Waals surface area contributed by atoms with Gasteiger partial charge in [-0.1, -0.05) is 12.1 Å². The van der Waals surface area contributed by atoms with Crippen LogP contribution in [0.3, 0.4) is 0 Å². The van der Waals surface area contributed by atoms with E-state index in [-0.39, 0.29) is 36.3 Å². The van der Waals surface area contributed by atoms with Gasteiger partial charge in [0.15, 0.2) is 5.69 Å². The molecular formula is C15H16FN5O2. The second-order valence-corrected chi connectivity index (χ2v) is 5.25. The number of carbonyl (C=O) groups is 2. The number of benzene rings is 1. The predicted molar refractivity (Wildman–Crippen MR) is 80.3 cm³/mol. The largest absolute Gasteiger partial charge is 0.346 e. The third kappa shape index (κ3) is 3.05. The van der Waals surface area contributed by atoms with Crippen LogP contribution >= 0.6 is 0 Å². The number of carbonyl (C=O) groups excluding carboxylic acids is 2. The van der Waals surface area contributed by atoms with Crippen LogP contribution < -0.4 is 10.2 Å². The molecule has 2 amide bonds. The van der Waals surface area contributed by atoms with Crippen molar-refractivity contribution in [1.82, 2.24) is 20.3 Å². The van der Waals surface area contributed by atoms with Crippen molar-refractivity contribution in [2.24, 2.45) is 0 Å². The molecule has 2 heterocycles. The number of hydrogen-bond donors (Lipinski definition) is 1. The topological polar surface area (TPSA) is 80.1 Å². The molecule has 1 N–H and O–H groups in total. The summed E-state index contributed by atoms with van der Waals surface area (Å²) in [5, 5.41) is 10.7. The van der Waals surface area contributed by atoms with Crippen LogP contribution in [0, 0.1) is 5.82 Å². The Morgan fingerprint density at radius 2 is 2.22 bits per heavy atom. The van der Waals surface area contributed by atoms with E-state index < -0.39 is 11.7 Å². The molecule has 1 aromatic carbocycles. The fourth-order valence-corrected chi connectivity index (χ4v) is 2.52. The fourth-order valence-electron chi connectivity index (χ4n) is 2.52. The molecule has 2 aromatic rings. The van der Waals surface area contributed by atoms with Crippen LogP contribution in [0.15, 0.2) is 30.5 Å². The third-order valence-corrected chi connectivity index (χ3v) is 3.66. The molecule has 1 aliphatic heterocycles. The normalized spacial score (nSPS) is 17.6. The smallest absolute Gasteiger partial charge is 0.273 e. The Morgan fingerprint density at radius 1 is 1.43 bits per heavy atom. The molecule has 7 nitrogen and oxygen atoms in total. The number of aromatic nitrogens is 3. The van der Waals surface area contributed by atoms with Gasteiger partial charge in [0.25, 0.3) is 5.91 Å². The summed E-state index contributed by atoms with van der Waals surface area (Å²) < 4.78 is 13.8. The van der Waals surface area contributed by atoms with E-state index in [0.29, 0.717) is 6.54 Å². The number of aryl methyl sites for hydroxylation is 1. The summed E-state index contributed by atoms with van der Waals surface area (Å²) in [7, 11) is 0. The first-order valence-electron chi connectivity index (χ1n) is 7.34. The highest BCUT2D eigenvalue weighted by molar-refractivity contribution is 5.98. The first kappa shape index (κ1) is 15.1. The zero-order valence-electron chi connectivity index (χ0n) is 12.6. The van der Waals surface area contributed by atoms with Crippen LogP contribution in [0.4, 0.5) is 10.1 Å². The summed E-state index contributed by atoms with van der Waals surface area (Å²) in [5.41, 5.74) is 0.426. The van der Waals surface area contributed by atoms with Gasteiger partial charge in [0.2, 0.25) is 5.91 Å². The molecule has 0 spiro atoms. The molecule has 1 unspecified atom stereocenters. The van der Waals surface area contributed by atoms with Crippen molar-refractivity contribution in [3.63, 3.8) is 0 Å². The van der Waals surface area contributed by atoms with E-state index in [1.54, 1.807) is 18.2 Å². The Morgan fingerprint density at radius 3 is 2.91 bits per heavy atom. The van der Waals surface area contributed by atoms with Crippen LogP contribution in [0.25, 0.3) is 0 Å². The Balaban J connectivity index is 1.68. The van der Waals surface area contributed by atoms with Gasteiger partial charge < -0.3 is 10.2 Å². The maximum atomic E-state index is 13.8. The molecule has 1 aliphatic rings. The van der Waals surface area contributed by atoms with Crippen molar-refractivity contribution < 1.29 is 14.0 Å². The average molecular weight is 317 g/mol. The van der Waals surface area contributed by atoms with Crippen molar-refractivity contribution >= 4 is 17.5 Å². The van der Waals surface area contributed by atoms with Gasteiger partial charge in [-0.25, -0.2) is 4.39 Å². The SMILES string of the molecule is CCn1ncc(C(=O)NC2CC(=O)N(c3ccccc3F)C2)n1. The van der Waals surface area contributed by atoms with Crippen LogP contribution in [-0.4, -0.2) is 39.4 Å². The minimum Gasteiger partial charge on any atom is -0.346 e. The number of halogens is 1. The number of para-hydroxylation sites is 1.